The molecule has 3 rings (SSSR count). The normalized spacial score (nSPS) is 12.3. The van der Waals surface area contributed by atoms with Crippen molar-refractivity contribution >= 4 is 34.8 Å². The maximum Gasteiger partial charge on any atom is 0.0945 e. The van der Waals surface area contributed by atoms with Crippen LogP contribution in [0.5, 0.6) is 0 Å². The monoisotopic (exact) mass is 408 g/mol. The number of hydrogen-bond acceptors (Lipinski definition) is 2. The minimum absolute atomic E-state index is 0.112. The van der Waals surface area contributed by atoms with Gasteiger partial charge in [0.25, 0.3) is 0 Å². The quantitative estimate of drug-likeness (QED) is 0.420. The molecule has 6 heteroatoms. The van der Waals surface area contributed by atoms with E-state index in [1.807, 2.05) is 48.9 Å². The standard InChI is InChI=1S/C20H19Cl3N2O/c21-16-5-3-15(4-6-16)13-26-20(2-1-10-25-11-9-24-14-25)18-8-7-17(22)12-19(18)23/h3-9,11-12,14,20H,1-2,10,13H2. The highest BCUT2D eigenvalue weighted by atomic mass is 35.5. The van der Waals surface area contributed by atoms with Gasteiger partial charge < -0.3 is 9.30 Å². The van der Waals surface area contributed by atoms with Gasteiger partial charge in [-0.2, -0.15) is 0 Å². The van der Waals surface area contributed by atoms with E-state index < -0.39 is 0 Å². The van der Waals surface area contributed by atoms with E-state index in [0.29, 0.717) is 21.7 Å². The van der Waals surface area contributed by atoms with E-state index in [1.165, 1.54) is 0 Å². The molecule has 2 aromatic carbocycles. The molecule has 1 aromatic heterocycles. The van der Waals surface area contributed by atoms with Crippen LogP contribution in [0.4, 0.5) is 0 Å². The molecule has 1 heterocycles. The molecule has 3 nitrogen and oxygen atoms in total. The Bertz CT molecular complexity index is 820. The Kier molecular flexibility index (Phi) is 6.98. The first kappa shape index (κ1) is 19.2. The Balaban J connectivity index is 1.68. The lowest BCUT2D eigenvalue weighted by Crippen LogP contribution is -2.07. The van der Waals surface area contributed by atoms with Crippen molar-refractivity contribution in [1.82, 2.24) is 9.55 Å². The first-order chi connectivity index (χ1) is 12.6. The minimum Gasteiger partial charge on any atom is -0.369 e. The zero-order valence-electron chi connectivity index (χ0n) is 14.1. The Morgan fingerprint density at radius 2 is 1.77 bits per heavy atom. The Morgan fingerprint density at radius 3 is 2.46 bits per heavy atom. The number of halogens is 3. The largest absolute Gasteiger partial charge is 0.369 e. The van der Waals surface area contributed by atoms with Gasteiger partial charge in [-0.25, -0.2) is 4.98 Å². The lowest BCUT2D eigenvalue weighted by molar-refractivity contribution is 0.0319. The summed E-state index contributed by atoms with van der Waals surface area (Å²) < 4.78 is 8.25. The number of aromatic nitrogens is 2. The van der Waals surface area contributed by atoms with E-state index in [9.17, 15) is 0 Å². The molecule has 0 radical (unpaired) electrons. The zero-order valence-corrected chi connectivity index (χ0v) is 16.4. The van der Waals surface area contributed by atoms with Crippen LogP contribution < -0.4 is 0 Å². The van der Waals surface area contributed by atoms with Crippen LogP contribution in [-0.2, 0) is 17.9 Å². The maximum atomic E-state index is 6.41. The van der Waals surface area contributed by atoms with Gasteiger partial charge in [0, 0.05) is 34.0 Å². The van der Waals surface area contributed by atoms with Gasteiger partial charge in [0.1, 0.15) is 0 Å². The second kappa shape index (κ2) is 9.43. The van der Waals surface area contributed by atoms with Gasteiger partial charge in [-0.3, -0.25) is 0 Å². The summed E-state index contributed by atoms with van der Waals surface area (Å²) in [6, 6.07) is 13.2. The van der Waals surface area contributed by atoms with Gasteiger partial charge in [-0.1, -0.05) is 53.0 Å². The van der Waals surface area contributed by atoms with E-state index in [0.717, 1.165) is 30.5 Å². The summed E-state index contributed by atoms with van der Waals surface area (Å²) in [5.41, 5.74) is 2.02. The molecule has 136 valence electrons. The molecule has 0 saturated carbocycles. The van der Waals surface area contributed by atoms with E-state index >= 15 is 0 Å². The van der Waals surface area contributed by atoms with Crippen LogP contribution in [-0.4, -0.2) is 9.55 Å². The van der Waals surface area contributed by atoms with Crippen molar-refractivity contribution in [1.29, 1.82) is 0 Å². The van der Waals surface area contributed by atoms with E-state index in [-0.39, 0.29) is 6.10 Å². The second-order valence-electron chi connectivity index (χ2n) is 6.03. The topological polar surface area (TPSA) is 27.1 Å². The summed E-state index contributed by atoms with van der Waals surface area (Å²) in [6.45, 7) is 1.37. The van der Waals surface area contributed by atoms with Gasteiger partial charge >= 0.3 is 0 Å². The smallest absolute Gasteiger partial charge is 0.0945 e. The van der Waals surface area contributed by atoms with Crippen LogP contribution in [0.2, 0.25) is 15.1 Å². The molecule has 0 saturated heterocycles. The molecule has 1 unspecified atom stereocenters. The summed E-state index contributed by atoms with van der Waals surface area (Å²) in [4.78, 5) is 4.07. The van der Waals surface area contributed by atoms with E-state index in [4.69, 9.17) is 39.5 Å². The SMILES string of the molecule is Clc1ccc(COC(CCCn2ccnc2)c2ccc(Cl)cc2Cl)cc1. The third-order valence-corrected chi connectivity index (χ3v) is 4.93. The molecule has 0 fully saturated rings. The number of hydrogen-bond donors (Lipinski definition) is 0. The van der Waals surface area contributed by atoms with Crippen molar-refractivity contribution in [2.45, 2.75) is 32.1 Å². The number of aryl methyl sites for hydroxylation is 1. The minimum atomic E-state index is -0.112. The van der Waals surface area contributed by atoms with E-state index in [2.05, 4.69) is 9.55 Å². The summed E-state index contributed by atoms with van der Waals surface area (Å²) in [6.07, 6.45) is 7.23. The predicted octanol–water partition coefficient (Wildman–Crippen LogP) is 6.58. The molecule has 3 aromatic rings. The van der Waals surface area contributed by atoms with Gasteiger partial charge in [0.05, 0.1) is 19.0 Å². The fourth-order valence-corrected chi connectivity index (χ4v) is 3.40. The Labute approximate surface area is 168 Å². The first-order valence-corrected chi connectivity index (χ1v) is 9.52. The summed E-state index contributed by atoms with van der Waals surface area (Å²) in [5, 5.41) is 1.96. The zero-order chi connectivity index (χ0) is 18.4. The molecule has 0 bridgehead atoms. The Morgan fingerprint density at radius 1 is 1.00 bits per heavy atom. The number of rotatable bonds is 8. The number of imidazole rings is 1. The van der Waals surface area contributed by atoms with Crippen LogP contribution in [0.1, 0.15) is 30.1 Å². The Hall–Kier alpha value is -1.52. The fraction of sp³-hybridized carbons (Fsp3) is 0.250. The van der Waals surface area contributed by atoms with Crippen molar-refractivity contribution in [2.24, 2.45) is 0 Å². The molecule has 0 amide bonds. The first-order valence-electron chi connectivity index (χ1n) is 8.38. The van der Waals surface area contributed by atoms with Gasteiger partial charge in [0.2, 0.25) is 0 Å². The van der Waals surface area contributed by atoms with Crippen molar-refractivity contribution in [2.75, 3.05) is 0 Å². The molecule has 26 heavy (non-hydrogen) atoms. The second-order valence-corrected chi connectivity index (χ2v) is 7.31. The number of nitrogens with zero attached hydrogens (tertiary/aromatic N) is 2. The average Bonchev–Trinajstić information content (AvgIpc) is 3.13. The van der Waals surface area contributed by atoms with Crippen molar-refractivity contribution in [3.8, 4) is 0 Å². The lowest BCUT2D eigenvalue weighted by atomic mass is 10.0. The molecule has 0 spiro atoms. The fourth-order valence-electron chi connectivity index (χ4n) is 2.75. The van der Waals surface area contributed by atoms with Crippen LogP contribution in [0.15, 0.2) is 61.2 Å². The highest BCUT2D eigenvalue weighted by Gasteiger charge is 2.16. The predicted molar refractivity (Wildman–Crippen MR) is 107 cm³/mol. The summed E-state index contributed by atoms with van der Waals surface area (Å²) in [5.74, 6) is 0. The molecule has 0 aliphatic rings. The molecular weight excluding hydrogens is 391 g/mol. The van der Waals surface area contributed by atoms with Crippen molar-refractivity contribution < 1.29 is 4.74 Å². The highest BCUT2D eigenvalue weighted by molar-refractivity contribution is 6.35. The van der Waals surface area contributed by atoms with E-state index in [1.54, 1.807) is 12.3 Å². The molecule has 0 aliphatic carbocycles. The van der Waals surface area contributed by atoms with Gasteiger partial charge in [-0.05, 0) is 48.2 Å². The molecular formula is C20H19Cl3N2O. The van der Waals surface area contributed by atoms with Crippen molar-refractivity contribution in [3.63, 3.8) is 0 Å². The molecule has 0 N–H and O–H groups in total. The molecule has 0 aliphatic heterocycles. The summed E-state index contributed by atoms with van der Waals surface area (Å²) in [7, 11) is 0. The summed E-state index contributed by atoms with van der Waals surface area (Å²) >= 11 is 18.4. The number of benzene rings is 2. The van der Waals surface area contributed by atoms with Crippen LogP contribution in [0.25, 0.3) is 0 Å². The van der Waals surface area contributed by atoms with Crippen molar-refractivity contribution in [3.05, 3.63) is 87.4 Å². The third-order valence-electron chi connectivity index (χ3n) is 4.12. The van der Waals surface area contributed by atoms with Crippen LogP contribution >= 0.6 is 34.8 Å². The average molecular weight is 410 g/mol. The number of ether oxygens (including phenoxy) is 1. The van der Waals surface area contributed by atoms with Gasteiger partial charge in [0.15, 0.2) is 0 Å². The lowest BCUT2D eigenvalue weighted by Gasteiger charge is -2.20. The maximum absolute atomic E-state index is 6.41. The van der Waals surface area contributed by atoms with Gasteiger partial charge in [-0.15, -0.1) is 0 Å². The third kappa shape index (κ3) is 5.49. The van der Waals surface area contributed by atoms with Crippen LogP contribution in [0, 0.1) is 0 Å². The highest BCUT2D eigenvalue weighted by Crippen LogP contribution is 2.32. The van der Waals surface area contributed by atoms with Crippen LogP contribution in [0.3, 0.4) is 0 Å². The molecule has 1 atom stereocenters.